The molecule has 0 aliphatic rings. The number of aromatic nitrogens is 3. The van der Waals surface area contributed by atoms with Gasteiger partial charge in [-0.15, -0.1) is 0 Å². The van der Waals surface area contributed by atoms with Gasteiger partial charge in [0.1, 0.15) is 0 Å². The fourth-order valence-electron chi connectivity index (χ4n) is 1.74. The Hall–Kier alpha value is -2.50. The number of ether oxygens (including phenoxy) is 1. The van der Waals surface area contributed by atoms with Crippen molar-refractivity contribution in [2.45, 2.75) is 20.8 Å². The molecule has 104 valence electrons. The topological polar surface area (TPSA) is 77.0 Å². The van der Waals surface area contributed by atoms with Gasteiger partial charge in [-0.25, -0.2) is 0 Å². The molecule has 20 heavy (non-hydrogen) atoms. The molecule has 0 saturated heterocycles. The zero-order chi connectivity index (χ0) is 14.5. The Labute approximate surface area is 117 Å². The van der Waals surface area contributed by atoms with E-state index in [1.807, 2.05) is 6.92 Å². The van der Waals surface area contributed by atoms with Crippen LogP contribution in [0.25, 0.3) is 0 Å². The summed E-state index contributed by atoms with van der Waals surface area (Å²) in [4.78, 5) is 24.4. The minimum atomic E-state index is -0.239. The lowest BCUT2D eigenvalue weighted by Crippen LogP contribution is -2.15. The largest absolute Gasteiger partial charge is 0.464 e. The zero-order valence-electron chi connectivity index (χ0n) is 11.7. The minimum Gasteiger partial charge on any atom is -0.464 e. The summed E-state index contributed by atoms with van der Waals surface area (Å²) in [5.41, 5.74) is 2.42. The molecule has 0 aliphatic heterocycles. The molecule has 2 heterocycles. The third-order valence-electron chi connectivity index (χ3n) is 2.69. The highest BCUT2D eigenvalue weighted by atomic mass is 16.5. The molecule has 2 aromatic rings. The van der Waals surface area contributed by atoms with Crippen LogP contribution in [0.3, 0.4) is 0 Å². The number of hydrogen-bond acceptors (Lipinski definition) is 5. The van der Waals surface area contributed by atoms with E-state index in [1.54, 1.807) is 32.2 Å². The van der Waals surface area contributed by atoms with E-state index in [1.165, 1.54) is 6.20 Å². The molecule has 0 unspecified atom stereocenters. The summed E-state index contributed by atoms with van der Waals surface area (Å²) in [6.07, 6.45) is 3.13. The van der Waals surface area contributed by atoms with E-state index in [-0.39, 0.29) is 5.91 Å². The van der Waals surface area contributed by atoms with Crippen LogP contribution in [-0.4, -0.2) is 27.5 Å². The molecule has 2 aromatic heterocycles. The summed E-state index contributed by atoms with van der Waals surface area (Å²) in [5.74, 6) is -0.239. The van der Waals surface area contributed by atoms with Crippen molar-refractivity contribution < 1.29 is 9.53 Å². The molecular formula is C14H16N4O2. The normalized spacial score (nSPS) is 10.2. The van der Waals surface area contributed by atoms with Gasteiger partial charge in [0.25, 0.3) is 5.91 Å². The Morgan fingerprint density at radius 2 is 2.00 bits per heavy atom. The lowest BCUT2D eigenvalue weighted by molar-refractivity contribution is 0.102. The highest BCUT2D eigenvalue weighted by Crippen LogP contribution is 2.20. The van der Waals surface area contributed by atoms with E-state index in [2.05, 4.69) is 20.3 Å². The summed E-state index contributed by atoms with van der Waals surface area (Å²) in [6, 6.07) is 3.73. The molecule has 0 bridgehead atoms. The highest BCUT2D eigenvalue weighted by Gasteiger charge is 2.13. The second-order valence-corrected chi connectivity index (χ2v) is 4.18. The average molecular weight is 272 g/mol. The zero-order valence-corrected chi connectivity index (χ0v) is 11.7. The van der Waals surface area contributed by atoms with Gasteiger partial charge >= 0.3 is 6.01 Å². The van der Waals surface area contributed by atoms with Gasteiger partial charge in [0.15, 0.2) is 0 Å². The van der Waals surface area contributed by atoms with Crippen molar-refractivity contribution in [3.05, 3.63) is 41.5 Å². The van der Waals surface area contributed by atoms with Crippen LogP contribution >= 0.6 is 0 Å². The SMILES string of the molecule is CCOc1nc(C)c(NC(=O)c2cccnc2)c(C)n1. The van der Waals surface area contributed by atoms with Gasteiger partial charge < -0.3 is 10.1 Å². The predicted molar refractivity (Wildman–Crippen MR) is 74.9 cm³/mol. The number of nitrogens with one attached hydrogen (secondary N) is 1. The number of pyridine rings is 1. The number of aryl methyl sites for hydroxylation is 2. The summed E-state index contributed by atoms with van der Waals surface area (Å²) < 4.78 is 5.27. The van der Waals surface area contributed by atoms with E-state index in [0.717, 1.165) is 0 Å². The van der Waals surface area contributed by atoms with Crippen LogP contribution in [0.2, 0.25) is 0 Å². The van der Waals surface area contributed by atoms with E-state index in [4.69, 9.17) is 4.74 Å². The average Bonchev–Trinajstić information content (AvgIpc) is 2.44. The van der Waals surface area contributed by atoms with E-state index < -0.39 is 0 Å². The van der Waals surface area contributed by atoms with Crippen LogP contribution in [0, 0.1) is 13.8 Å². The quantitative estimate of drug-likeness (QED) is 0.922. The Bertz CT molecular complexity index is 591. The monoisotopic (exact) mass is 272 g/mol. The molecule has 0 atom stereocenters. The Kier molecular flexibility index (Phi) is 4.24. The summed E-state index contributed by atoms with van der Waals surface area (Å²) >= 11 is 0. The number of amides is 1. The van der Waals surface area contributed by atoms with Crippen LogP contribution in [-0.2, 0) is 0 Å². The van der Waals surface area contributed by atoms with Crippen LogP contribution < -0.4 is 10.1 Å². The van der Waals surface area contributed by atoms with E-state index in [9.17, 15) is 4.79 Å². The fraction of sp³-hybridized carbons (Fsp3) is 0.286. The number of nitrogens with zero attached hydrogens (tertiary/aromatic N) is 3. The Morgan fingerprint density at radius 1 is 1.30 bits per heavy atom. The molecular weight excluding hydrogens is 256 g/mol. The van der Waals surface area contributed by atoms with Gasteiger partial charge in [-0.1, -0.05) is 0 Å². The molecule has 2 rings (SSSR count). The van der Waals surface area contributed by atoms with Gasteiger partial charge in [0.2, 0.25) is 0 Å². The molecule has 6 heteroatoms. The number of anilines is 1. The highest BCUT2D eigenvalue weighted by molar-refractivity contribution is 6.04. The van der Waals surface area contributed by atoms with Crippen LogP contribution in [0.4, 0.5) is 5.69 Å². The predicted octanol–water partition coefficient (Wildman–Crippen LogP) is 2.14. The third kappa shape index (κ3) is 3.09. The standard InChI is InChI=1S/C14H16N4O2/c1-4-20-14-16-9(2)12(10(3)17-14)18-13(19)11-6-5-7-15-8-11/h5-8H,4H2,1-3H3,(H,18,19). The van der Waals surface area contributed by atoms with Crippen molar-refractivity contribution in [1.82, 2.24) is 15.0 Å². The van der Waals surface area contributed by atoms with Crippen molar-refractivity contribution in [1.29, 1.82) is 0 Å². The lowest BCUT2D eigenvalue weighted by atomic mass is 10.2. The van der Waals surface area contributed by atoms with Gasteiger partial charge in [0, 0.05) is 12.4 Å². The second-order valence-electron chi connectivity index (χ2n) is 4.18. The maximum Gasteiger partial charge on any atom is 0.316 e. The maximum absolute atomic E-state index is 12.1. The molecule has 1 N–H and O–H groups in total. The smallest absolute Gasteiger partial charge is 0.316 e. The number of rotatable bonds is 4. The third-order valence-corrected chi connectivity index (χ3v) is 2.69. The van der Waals surface area contributed by atoms with Gasteiger partial charge in [0.05, 0.1) is 29.2 Å². The Balaban J connectivity index is 2.24. The van der Waals surface area contributed by atoms with Crippen molar-refractivity contribution in [2.75, 3.05) is 11.9 Å². The first-order chi connectivity index (χ1) is 9.61. The van der Waals surface area contributed by atoms with Crippen LogP contribution in [0.15, 0.2) is 24.5 Å². The lowest BCUT2D eigenvalue weighted by Gasteiger charge is -2.11. The Morgan fingerprint density at radius 3 is 2.55 bits per heavy atom. The van der Waals surface area contributed by atoms with E-state index >= 15 is 0 Å². The van der Waals surface area contributed by atoms with Gasteiger partial charge in [-0.05, 0) is 32.9 Å². The van der Waals surface area contributed by atoms with Crippen molar-refractivity contribution in [2.24, 2.45) is 0 Å². The first-order valence-corrected chi connectivity index (χ1v) is 6.31. The summed E-state index contributed by atoms with van der Waals surface area (Å²) in [7, 11) is 0. The molecule has 0 saturated carbocycles. The van der Waals surface area contributed by atoms with Crippen molar-refractivity contribution in [3.63, 3.8) is 0 Å². The molecule has 6 nitrogen and oxygen atoms in total. The van der Waals surface area contributed by atoms with Crippen molar-refractivity contribution >= 4 is 11.6 Å². The molecule has 1 amide bonds. The molecule has 0 aliphatic carbocycles. The number of carbonyl (C=O) groups is 1. The summed E-state index contributed by atoms with van der Waals surface area (Å²) in [6.45, 7) is 5.97. The van der Waals surface area contributed by atoms with Crippen LogP contribution in [0.1, 0.15) is 28.7 Å². The molecule has 0 spiro atoms. The van der Waals surface area contributed by atoms with Gasteiger partial charge in [-0.2, -0.15) is 9.97 Å². The second kappa shape index (κ2) is 6.10. The summed E-state index contributed by atoms with van der Waals surface area (Å²) in [5, 5.41) is 2.80. The van der Waals surface area contributed by atoms with Crippen LogP contribution in [0.5, 0.6) is 6.01 Å². The fourth-order valence-corrected chi connectivity index (χ4v) is 1.74. The maximum atomic E-state index is 12.1. The number of carbonyl (C=O) groups excluding carboxylic acids is 1. The van der Waals surface area contributed by atoms with Gasteiger partial charge in [-0.3, -0.25) is 9.78 Å². The molecule has 0 radical (unpaired) electrons. The number of hydrogen-bond donors (Lipinski definition) is 1. The first-order valence-electron chi connectivity index (χ1n) is 6.31. The van der Waals surface area contributed by atoms with Crippen molar-refractivity contribution in [3.8, 4) is 6.01 Å². The molecule has 0 aromatic carbocycles. The minimum absolute atomic E-state index is 0.239. The first kappa shape index (κ1) is 13.9. The molecule has 0 fully saturated rings. The van der Waals surface area contributed by atoms with E-state index in [0.29, 0.717) is 35.3 Å².